The van der Waals surface area contributed by atoms with Gasteiger partial charge in [-0.3, -0.25) is 14.4 Å². The molecule has 0 saturated heterocycles. The van der Waals surface area contributed by atoms with E-state index in [9.17, 15) is 19.5 Å². The Bertz CT molecular complexity index is 1990. The molecule has 5 aromatic rings. The second-order valence-electron chi connectivity index (χ2n) is 10.9. The third-order valence-electron chi connectivity index (χ3n) is 7.85. The number of ether oxygens (including phenoxy) is 1. The van der Waals surface area contributed by atoms with E-state index in [0.29, 0.717) is 29.1 Å². The van der Waals surface area contributed by atoms with Crippen LogP contribution >= 0.6 is 0 Å². The molecule has 2 heterocycles. The van der Waals surface area contributed by atoms with Gasteiger partial charge in [-0.25, -0.2) is 9.97 Å². The summed E-state index contributed by atoms with van der Waals surface area (Å²) in [5.74, 6) is -1.54. The number of pyridine rings is 2. The van der Waals surface area contributed by atoms with Gasteiger partial charge >= 0.3 is 0 Å². The number of para-hydroxylation sites is 1. The lowest BCUT2D eigenvalue weighted by Gasteiger charge is -2.17. The molecule has 0 saturated carbocycles. The first-order chi connectivity index (χ1) is 22.1. The number of aromatic nitrogens is 2. The number of methoxy groups -OCH3 is 1. The zero-order valence-corrected chi connectivity index (χ0v) is 26.2. The minimum absolute atomic E-state index is 0.00576. The lowest BCUT2D eigenvalue weighted by atomic mass is 10.0. The van der Waals surface area contributed by atoms with Crippen LogP contribution in [0.15, 0.2) is 60.7 Å². The van der Waals surface area contributed by atoms with Crippen LogP contribution in [0.3, 0.4) is 0 Å². The molecule has 5 rings (SSSR count). The van der Waals surface area contributed by atoms with Gasteiger partial charge in [-0.2, -0.15) is 0 Å². The van der Waals surface area contributed by atoms with Crippen molar-refractivity contribution in [2.24, 2.45) is 5.73 Å². The van der Waals surface area contributed by atoms with Crippen molar-refractivity contribution in [1.82, 2.24) is 15.3 Å². The van der Waals surface area contributed by atoms with Crippen LogP contribution < -0.4 is 26.4 Å². The number of anilines is 3. The lowest BCUT2D eigenvalue weighted by Crippen LogP contribution is -2.29. The van der Waals surface area contributed by atoms with Gasteiger partial charge in [0.15, 0.2) is 0 Å². The quantitative estimate of drug-likeness (QED) is 0.128. The number of fused-ring (bicyclic) bond motifs is 2. The number of carbonyl (C=O) groups is 3. The molecule has 0 fully saturated rings. The zero-order valence-electron chi connectivity index (χ0n) is 26.2. The number of nitrogens with one attached hydrogen (secondary N) is 3. The summed E-state index contributed by atoms with van der Waals surface area (Å²) >= 11 is 0. The summed E-state index contributed by atoms with van der Waals surface area (Å²) < 4.78 is 5.14. The van der Waals surface area contributed by atoms with E-state index in [-0.39, 0.29) is 42.5 Å². The second-order valence-corrected chi connectivity index (χ2v) is 10.9. The molecule has 46 heavy (non-hydrogen) atoms. The summed E-state index contributed by atoms with van der Waals surface area (Å²) in [4.78, 5) is 46.9. The number of benzene rings is 3. The molecule has 0 bridgehead atoms. The predicted molar refractivity (Wildman–Crippen MR) is 179 cm³/mol. The first-order valence-corrected chi connectivity index (χ1v) is 14.9. The molecule has 11 heteroatoms. The lowest BCUT2D eigenvalue weighted by molar-refractivity contribution is -0.116. The number of nitrogens with zero attached hydrogens (tertiary/aromatic N) is 2. The minimum atomic E-state index is -0.769. The fourth-order valence-corrected chi connectivity index (χ4v) is 5.34. The van der Waals surface area contributed by atoms with Gasteiger partial charge in [-0.05, 0) is 67.3 Å². The topological polar surface area (TPSA) is 169 Å². The smallest absolute Gasteiger partial charge is 0.254 e. The summed E-state index contributed by atoms with van der Waals surface area (Å²) in [5, 5.41) is 21.0. The van der Waals surface area contributed by atoms with Crippen molar-refractivity contribution in [1.29, 1.82) is 0 Å². The van der Waals surface area contributed by atoms with Gasteiger partial charge in [0, 0.05) is 35.1 Å². The van der Waals surface area contributed by atoms with E-state index in [1.54, 1.807) is 12.1 Å². The Hall–Kier alpha value is -5.55. The Balaban J connectivity index is 1.33. The normalized spacial score (nSPS) is 11.0. The average molecular weight is 621 g/mol. The van der Waals surface area contributed by atoms with Crippen molar-refractivity contribution in [3.63, 3.8) is 0 Å². The molecule has 0 atom stereocenters. The largest absolute Gasteiger partial charge is 0.480 e. The number of hydrogen-bond acceptors (Lipinski definition) is 8. The van der Waals surface area contributed by atoms with Gasteiger partial charge in [0.1, 0.15) is 5.56 Å². The molecule has 3 amide bonds. The molecule has 236 valence electrons. The molecule has 0 unspecified atom stereocenters. The average Bonchev–Trinajstić information content (AvgIpc) is 3.05. The number of amides is 3. The first kappa shape index (κ1) is 31.9. The van der Waals surface area contributed by atoms with Gasteiger partial charge in [0.05, 0.1) is 41.7 Å². The Labute approximate surface area is 266 Å². The fourth-order valence-electron chi connectivity index (χ4n) is 5.34. The molecular weight excluding hydrogens is 584 g/mol. The SMILES string of the molecule is CCc1nc(OC)c(C(N)=O)cc1C(=O)NCCC(=O)Nc1cc(CO)cc(Nc2c3ccccc3nc3c(C)c(C)ccc23)c1. The van der Waals surface area contributed by atoms with Crippen LogP contribution in [0, 0.1) is 13.8 Å². The van der Waals surface area contributed by atoms with E-state index in [2.05, 4.69) is 40.8 Å². The molecular formula is C35H36N6O5. The van der Waals surface area contributed by atoms with Crippen LogP contribution in [0.2, 0.25) is 0 Å². The van der Waals surface area contributed by atoms with Crippen LogP contribution in [0.1, 0.15) is 56.4 Å². The molecule has 6 N–H and O–H groups in total. The van der Waals surface area contributed by atoms with E-state index < -0.39 is 11.8 Å². The van der Waals surface area contributed by atoms with E-state index in [1.165, 1.54) is 13.2 Å². The summed E-state index contributed by atoms with van der Waals surface area (Å²) in [6.45, 7) is 5.74. The number of hydrogen-bond donors (Lipinski definition) is 5. The van der Waals surface area contributed by atoms with Crippen molar-refractivity contribution in [3.05, 3.63) is 94.2 Å². The van der Waals surface area contributed by atoms with E-state index >= 15 is 0 Å². The monoisotopic (exact) mass is 620 g/mol. The highest BCUT2D eigenvalue weighted by Crippen LogP contribution is 2.36. The molecule has 3 aromatic carbocycles. The van der Waals surface area contributed by atoms with E-state index in [0.717, 1.165) is 38.6 Å². The van der Waals surface area contributed by atoms with Gasteiger partial charge in [-0.1, -0.05) is 37.3 Å². The Morgan fingerprint density at radius 3 is 2.41 bits per heavy atom. The Kier molecular flexibility index (Phi) is 9.43. The second kappa shape index (κ2) is 13.6. The molecule has 0 spiro atoms. The maximum atomic E-state index is 13.0. The minimum Gasteiger partial charge on any atom is -0.480 e. The highest BCUT2D eigenvalue weighted by Gasteiger charge is 2.20. The number of aliphatic hydroxyl groups excluding tert-OH is 1. The molecule has 0 aliphatic rings. The van der Waals surface area contributed by atoms with Crippen molar-refractivity contribution >= 4 is 56.6 Å². The van der Waals surface area contributed by atoms with Gasteiger partial charge in [0.2, 0.25) is 11.8 Å². The fraction of sp³-hybridized carbons (Fsp3) is 0.229. The van der Waals surface area contributed by atoms with Gasteiger partial charge in [-0.15, -0.1) is 0 Å². The molecule has 0 radical (unpaired) electrons. The standard InChI is InChI=1S/C35H36N6O5/c1-5-28-26(17-27(33(36)44)35(41-28)46-4)34(45)37-13-12-30(43)38-22-14-21(18-42)15-23(16-22)39-32-24-8-6-7-9-29(24)40-31-20(3)19(2)10-11-25(31)32/h6-11,14-17,42H,5,12-13,18H2,1-4H3,(H2,36,44)(H,37,45)(H,38,43)(H,39,40). The Morgan fingerprint density at radius 2 is 1.70 bits per heavy atom. The summed E-state index contributed by atoms with van der Waals surface area (Å²) in [7, 11) is 1.37. The van der Waals surface area contributed by atoms with Crippen molar-refractivity contribution < 1.29 is 24.2 Å². The summed E-state index contributed by atoms with van der Waals surface area (Å²) in [6.07, 6.45) is 0.393. The maximum absolute atomic E-state index is 13.0. The van der Waals surface area contributed by atoms with Crippen molar-refractivity contribution in [2.75, 3.05) is 24.3 Å². The maximum Gasteiger partial charge on any atom is 0.254 e. The van der Waals surface area contributed by atoms with Gasteiger partial charge < -0.3 is 31.5 Å². The number of aliphatic hydroxyl groups is 1. The highest BCUT2D eigenvalue weighted by atomic mass is 16.5. The van der Waals surface area contributed by atoms with Crippen LogP contribution in [0.5, 0.6) is 5.88 Å². The number of rotatable bonds is 11. The van der Waals surface area contributed by atoms with Crippen LogP contribution in [0.25, 0.3) is 21.8 Å². The van der Waals surface area contributed by atoms with Crippen molar-refractivity contribution in [2.45, 2.75) is 40.2 Å². The van der Waals surface area contributed by atoms with Gasteiger partial charge in [0.25, 0.3) is 11.8 Å². The molecule has 0 aliphatic carbocycles. The number of aryl methyl sites for hydroxylation is 3. The first-order valence-electron chi connectivity index (χ1n) is 14.9. The van der Waals surface area contributed by atoms with Crippen LogP contribution in [-0.4, -0.2) is 46.5 Å². The molecule has 11 nitrogen and oxygen atoms in total. The zero-order chi connectivity index (χ0) is 33.0. The third-order valence-corrected chi connectivity index (χ3v) is 7.85. The number of carbonyl (C=O) groups excluding carboxylic acids is 3. The summed E-state index contributed by atoms with van der Waals surface area (Å²) in [5.41, 5.74) is 12.7. The Morgan fingerprint density at radius 1 is 0.935 bits per heavy atom. The van der Waals surface area contributed by atoms with E-state index in [4.69, 9.17) is 15.5 Å². The predicted octanol–water partition coefficient (Wildman–Crippen LogP) is 5.06. The van der Waals surface area contributed by atoms with Crippen LogP contribution in [-0.2, 0) is 17.8 Å². The number of nitrogens with two attached hydrogens (primary N) is 1. The van der Waals surface area contributed by atoms with Crippen LogP contribution in [0.4, 0.5) is 17.1 Å². The molecule has 2 aromatic heterocycles. The molecule has 0 aliphatic heterocycles. The third kappa shape index (κ3) is 6.59. The summed E-state index contributed by atoms with van der Waals surface area (Å²) in [6, 6.07) is 18.7. The van der Waals surface area contributed by atoms with Crippen molar-refractivity contribution in [3.8, 4) is 5.88 Å². The number of primary amides is 1. The highest BCUT2D eigenvalue weighted by molar-refractivity contribution is 6.10. The van der Waals surface area contributed by atoms with E-state index in [1.807, 2.05) is 43.3 Å².